The van der Waals surface area contributed by atoms with Gasteiger partial charge in [-0.1, -0.05) is 60.5 Å². The molecule has 0 radical (unpaired) electrons. The zero-order valence-electron chi connectivity index (χ0n) is 74.0. The summed E-state index contributed by atoms with van der Waals surface area (Å²) in [7, 11) is -0.0327. The van der Waals surface area contributed by atoms with E-state index in [0.29, 0.717) is 110 Å². The third-order valence-electron chi connectivity index (χ3n) is 20.8. The first-order valence-electron chi connectivity index (χ1n) is 40.8. The summed E-state index contributed by atoms with van der Waals surface area (Å²) in [6, 6.07) is -4.50. The van der Waals surface area contributed by atoms with E-state index < -0.39 is 160 Å². The first kappa shape index (κ1) is 117. The van der Waals surface area contributed by atoms with Crippen molar-refractivity contribution in [1.82, 2.24) is 34.3 Å². The van der Waals surface area contributed by atoms with Crippen molar-refractivity contribution < 1.29 is 143 Å². The molecule has 7 unspecified atom stereocenters. The second kappa shape index (κ2) is 59.2. The SMILES string of the molecule is CC[C@@H](C(N)=O)N1CC(C(=O)O)CC1=O.CC[C@@H](C(N)=O)N1CC(C(=O)OC)CC1=O.CC[C@@H](C(N)=O)N1CC(CC(=O)O)CC1=O.CC[C@@H](C(N)=O)N1CC(CN)CC1=O.CC[C@@H](C(N)=O)N1CC(CN=[N+]=[N-])CC1=O.CC[C@@H](C(N)=O)N1CC(CO)CC1=O.CC[C@@H](C(N)=O)N1CC(COS(C)(=O)=O)CC1=O.CC[C@H](N)C(N)=O.COC(=O)CC(=O)C(=O)OC. The molecule has 720 valence electrons. The number of esters is 3. The molecule has 0 aromatic heterocycles. The lowest BCUT2D eigenvalue weighted by Crippen LogP contribution is -2.45. The van der Waals surface area contributed by atoms with Gasteiger partial charge in [-0.15, -0.1) is 0 Å². The summed E-state index contributed by atoms with van der Waals surface area (Å²) in [5.41, 5.74) is 59.9. The number of aliphatic hydroxyl groups excluding tert-OH is 1. The van der Waals surface area contributed by atoms with Crippen molar-refractivity contribution in [2.24, 2.45) is 104 Å². The zero-order valence-corrected chi connectivity index (χ0v) is 74.8. The van der Waals surface area contributed by atoms with E-state index in [0.717, 1.165) is 20.5 Å². The number of carboxylic acids is 2. The molecule has 23 N–H and O–H groups in total. The van der Waals surface area contributed by atoms with Crippen LogP contribution < -0.4 is 57.3 Å². The van der Waals surface area contributed by atoms with E-state index in [-0.39, 0.29) is 136 Å². The molecule has 0 aromatic carbocycles. The van der Waals surface area contributed by atoms with Gasteiger partial charge in [0.25, 0.3) is 15.9 Å². The number of ketones is 1. The number of nitrogens with two attached hydrogens (primary N) is 10. The van der Waals surface area contributed by atoms with Gasteiger partial charge in [-0.25, -0.2) is 4.79 Å². The van der Waals surface area contributed by atoms with Crippen LogP contribution in [0.2, 0.25) is 0 Å². The number of methoxy groups -OCH3 is 3. The summed E-state index contributed by atoms with van der Waals surface area (Å²) in [5.74, 6) is -11.7. The van der Waals surface area contributed by atoms with Gasteiger partial charge in [-0.2, -0.15) is 8.42 Å². The number of hydrogen-bond acceptors (Lipinski definition) is 31. The quantitative estimate of drug-likeness (QED) is 0.00403. The Morgan fingerprint density at radius 2 is 0.732 bits per heavy atom. The number of carbonyl (C=O) groups is 21. The number of rotatable bonds is 37. The zero-order chi connectivity index (χ0) is 98.4. The highest BCUT2D eigenvalue weighted by molar-refractivity contribution is 7.86. The van der Waals surface area contributed by atoms with Gasteiger partial charge in [0, 0.05) is 121 Å². The topological polar surface area (TPSA) is 822 Å². The lowest BCUT2D eigenvalue weighted by molar-refractivity contribution is -0.155. The molecule has 7 fully saturated rings. The number of amides is 15. The maximum absolute atomic E-state index is 11.7. The normalized spacial score (nSPS) is 20.9. The maximum atomic E-state index is 11.7. The number of likely N-dealkylation sites (tertiary alicyclic amines) is 7. The van der Waals surface area contributed by atoms with Crippen LogP contribution in [0.15, 0.2) is 5.11 Å². The van der Waals surface area contributed by atoms with Crippen LogP contribution >= 0.6 is 0 Å². The predicted molar refractivity (Wildman–Crippen MR) is 446 cm³/mol. The number of carboxylic acid groups (broad SMARTS) is 2. The van der Waals surface area contributed by atoms with Crippen LogP contribution in [0.4, 0.5) is 0 Å². The monoisotopic (exact) mass is 1830 g/mol. The van der Waals surface area contributed by atoms with E-state index in [2.05, 4.69) is 28.4 Å². The van der Waals surface area contributed by atoms with Gasteiger partial charge in [-0.3, -0.25) is 100 Å². The van der Waals surface area contributed by atoms with E-state index in [1.807, 2.05) is 27.7 Å². The molecule has 15 amide bonds. The number of Topliss-reactive ketones (excluding diaryl/α,β-unsaturated/α-hetero) is 1. The van der Waals surface area contributed by atoms with Gasteiger partial charge in [-0.05, 0) is 81.2 Å². The summed E-state index contributed by atoms with van der Waals surface area (Å²) in [4.78, 5) is 245. The largest absolute Gasteiger partial charge is 0.481 e. The molecule has 50 nitrogen and oxygen atoms in total. The fourth-order valence-corrected chi connectivity index (χ4v) is 14.4. The Balaban J connectivity index is 0. The molecule has 7 aliphatic heterocycles. The van der Waals surface area contributed by atoms with Gasteiger partial charge in [0.05, 0.1) is 58.5 Å². The van der Waals surface area contributed by atoms with Crippen LogP contribution in [-0.2, 0) is 129 Å². The number of aliphatic carboxylic acids is 2. The highest BCUT2D eigenvalue weighted by Gasteiger charge is 2.44. The molecule has 15 atom stereocenters. The van der Waals surface area contributed by atoms with E-state index in [9.17, 15) is 109 Å². The number of primary amides is 8. The Labute approximate surface area is 735 Å². The number of aliphatic hydroxyl groups is 1. The summed E-state index contributed by atoms with van der Waals surface area (Å²) in [6.45, 7) is 17.4. The summed E-state index contributed by atoms with van der Waals surface area (Å²) in [6.07, 6.45) is 5.85. The standard InChI is InChI=1S/C10H18N2O5S.2C10H16N2O4.C9H15N5O2.C9H17N3O2.C9H14N2O4.C9H16N2O3.C6H8O5.C4H10N2O/c1-3-8(10(11)14)12-5-7(4-9(12)13)6-17-18(2,15)16;1-3-7(9(11)14)12-5-6(4-8(12)13)10(15)16-2;1-2-7(10(11)16)12-5-6(3-8(12)13)4-9(14)15;1-2-7(9(10)16)14-5-6(3-8(14)15)4-12-13-11;1-2-7(9(11)14)12-5-6(4-10)3-8(12)13;1-2-6(8(10)13)11-4-5(9(14)15)3-7(11)12;1-2-7(9(10)14)11-4-6(5-12)3-8(11)13;1-10-5(8)3-4(7)6(9)11-2;1-2-3(5)4(6)7/h7-8H,3-6H2,1-2H3,(H2,11,14);6-7H,3-5H2,1-2H3,(H2,11,14);6-7H,2-5H2,1H3,(H2,11,16)(H,14,15);6-7H,2-5H2,1H3,(H2,10,16);6-7H,2-5,10H2,1H3,(H2,11,14);5-6H,2-4H2,1H3,(H2,10,13)(H,14,15);6-7,12H,2-5H2,1H3,(H2,10,14);3H2,1-2H3;3H,2,5H2,1H3,(H2,6,7)/t7?,8-;4*6?,7-;5?,6-;6?,7-;;3-/m0000000.0/s1. The van der Waals surface area contributed by atoms with Crippen molar-refractivity contribution in [3.05, 3.63) is 10.4 Å². The minimum absolute atomic E-state index is 0.00296. The van der Waals surface area contributed by atoms with E-state index in [4.69, 9.17) is 78.2 Å². The highest BCUT2D eigenvalue weighted by atomic mass is 32.2. The summed E-state index contributed by atoms with van der Waals surface area (Å²) >= 11 is 0. The van der Waals surface area contributed by atoms with Crippen molar-refractivity contribution >= 4 is 134 Å². The molecular weight excluding hydrogens is 1710 g/mol. The van der Waals surface area contributed by atoms with Crippen molar-refractivity contribution in [3.8, 4) is 0 Å². The Hall–Kier alpha value is -11.8. The van der Waals surface area contributed by atoms with Crippen LogP contribution in [0.5, 0.6) is 0 Å². The molecule has 7 heterocycles. The van der Waals surface area contributed by atoms with E-state index in [1.54, 1.807) is 32.6 Å². The van der Waals surface area contributed by atoms with Crippen LogP contribution in [0, 0.1) is 41.4 Å². The Bertz CT molecular complexity index is 3890. The summed E-state index contributed by atoms with van der Waals surface area (Å²) < 4.78 is 39.1. The molecule has 0 saturated carbocycles. The van der Waals surface area contributed by atoms with Crippen molar-refractivity contribution in [1.29, 1.82) is 0 Å². The minimum atomic E-state index is -3.51. The van der Waals surface area contributed by atoms with Gasteiger partial charge < -0.3 is 121 Å². The second-order valence-electron chi connectivity index (χ2n) is 30.1. The van der Waals surface area contributed by atoms with Gasteiger partial charge >= 0.3 is 29.8 Å². The molecule has 0 spiro atoms. The smallest absolute Gasteiger partial charge is 0.374 e. The van der Waals surface area contributed by atoms with Crippen molar-refractivity contribution in [3.63, 3.8) is 0 Å². The second-order valence-corrected chi connectivity index (χ2v) is 31.8. The van der Waals surface area contributed by atoms with Crippen molar-refractivity contribution in [2.75, 3.05) is 99.7 Å². The van der Waals surface area contributed by atoms with Gasteiger partial charge in [0.15, 0.2) is 0 Å². The Morgan fingerprint density at radius 1 is 0.433 bits per heavy atom. The van der Waals surface area contributed by atoms with Crippen LogP contribution in [0.25, 0.3) is 10.4 Å². The molecule has 51 heteroatoms. The molecular formula is C76H130N20O30S. The highest BCUT2D eigenvalue weighted by Crippen LogP contribution is 2.29. The third kappa shape index (κ3) is 40.6. The van der Waals surface area contributed by atoms with E-state index in [1.165, 1.54) is 36.5 Å². The van der Waals surface area contributed by atoms with Crippen molar-refractivity contribution in [2.45, 2.75) is 213 Å². The first-order chi connectivity index (χ1) is 59.2. The predicted octanol–water partition coefficient (Wildman–Crippen LogP) is -5.84. The van der Waals surface area contributed by atoms with Gasteiger partial charge in [0.2, 0.25) is 88.6 Å². The average molecular weight is 1840 g/mol. The molecule has 0 bridgehead atoms. The maximum Gasteiger partial charge on any atom is 0.374 e. The Kier molecular flexibility index (Phi) is 54.6. The Morgan fingerprint density at radius 3 is 0.992 bits per heavy atom. The molecule has 0 aromatic rings. The third-order valence-corrected chi connectivity index (χ3v) is 21.3. The van der Waals surface area contributed by atoms with Crippen LogP contribution in [0.3, 0.4) is 0 Å². The lowest BCUT2D eigenvalue weighted by Gasteiger charge is -2.24. The molecule has 7 saturated heterocycles. The summed E-state index contributed by atoms with van der Waals surface area (Å²) in [5, 5.41) is 29.7. The molecule has 7 aliphatic rings. The minimum Gasteiger partial charge on any atom is -0.481 e. The number of nitrogens with zero attached hydrogens (tertiary/aromatic N) is 10. The average Bonchev–Trinajstić information content (AvgIpc) is 1.71. The number of hydrogen-bond donors (Lipinski definition) is 13. The molecule has 0 aliphatic carbocycles. The van der Waals surface area contributed by atoms with E-state index >= 15 is 0 Å². The lowest BCUT2D eigenvalue weighted by atomic mass is 10.1. The number of carbonyl (C=O) groups excluding carboxylic acids is 19. The fourth-order valence-electron chi connectivity index (χ4n) is 14.0. The molecule has 7 rings (SSSR count). The number of ether oxygens (including phenoxy) is 3. The first-order valence-corrected chi connectivity index (χ1v) is 42.6. The van der Waals surface area contributed by atoms with Gasteiger partial charge in [0.1, 0.15) is 48.7 Å². The molecule has 127 heavy (non-hydrogen) atoms. The fraction of sp³-hybridized carbons (Fsp3) is 0.724. The van der Waals surface area contributed by atoms with Crippen LogP contribution in [-0.4, -0.2) is 330 Å². The number of azide groups is 1. The van der Waals surface area contributed by atoms with Crippen LogP contribution in [0.1, 0.15) is 165 Å².